The maximum absolute atomic E-state index is 4.42. The molecule has 0 aliphatic rings. The first-order chi connectivity index (χ1) is 9.16. The fourth-order valence-electron chi connectivity index (χ4n) is 2.11. The summed E-state index contributed by atoms with van der Waals surface area (Å²) in [5.41, 5.74) is 1.28. The fourth-order valence-corrected chi connectivity index (χ4v) is 3.84. The molecule has 0 aliphatic carbocycles. The first-order valence-electron chi connectivity index (χ1n) is 6.17. The maximum Gasteiger partial charge on any atom is 0.138 e. The Morgan fingerprint density at radius 2 is 2.11 bits per heavy atom. The van der Waals surface area contributed by atoms with Gasteiger partial charge in [-0.2, -0.15) is 0 Å². The lowest BCUT2D eigenvalue weighted by Crippen LogP contribution is -2.07. The molecule has 3 rings (SSSR count). The van der Waals surface area contributed by atoms with Gasteiger partial charge in [0.2, 0.25) is 0 Å². The van der Waals surface area contributed by atoms with E-state index in [1.165, 1.54) is 15.3 Å². The van der Waals surface area contributed by atoms with E-state index in [0.717, 1.165) is 16.0 Å². The molecular weight excluding hydrogens is 274 g/mol. The third-order valence-electron chi connectivity index (χ3n) is 3.29. The molecule has 3 heterocycles. The summed E-state index contributed by atoms with van der Waals surface area (Å²) >= 11 is 3.49. The SMILES string of the molecule is Cc1sc2ncnc(N[C@@H](C)c3cccs3)c2c1C. The van der Waals surface area contributed by atoms with E-state index in [0.29, 0.717) is 0 Å². The van der Waals surface area contributed by atoms with Crippen LogP contribution in [-0.4, -0.2) is 9.97 Å². The van der Waals surface area contributed by atoms with E-state index in [1.54, 1.807) is 29.0 Å². The molecule has 1 atom stereocenters. The third kappa shape index (κ3) is 2.24. The normalized spacial score (nSPS) is 12.8. The van der Waals surface area contributed by atoms with Gasteiger partial charge in [-0.05, 0) is 37.8 Å². The molecular formula is C14H15N3S2. The van der Waals surface area contributed by atoms with Crippen molar-refractivity contribution in [1.82, 2.24) is 9.97 Å². The van der Waals surface area contributed by atoms with Crippen LogP contribution in [0.1, 0.15) is 28.3 Å². The molecule has 0 aliphatic heterocycles. The second-order valence-corrected chi connectivity index (χ2v) is 6.75. The Balaban J connectivity index is 2.01. The van der Waals surface area contributed by atoms with E-state index in [-0.39, 0.29) is 6.04 Å². The van der Waals surface area contributed by atoms with Gasteiger partial charge in [0.1, 0.15) is 17.0 Å². The fraction of sp³-hybridized carbons (Fsp3) is 0.286. The third-order valence-corrected chi connectivity index (χ3v) is 5.46. The molecule has 3 aromatic heterocycles. The second-order valence-electron chi connectivity index (χ2n) is 4.57. The Morgan fingerprint density at radius 1 is 1.26 bits per heavy atom. The Bertz CT molecular complexity index is 701. The van der Waals surface area contributed by atoms with E-state index < -0.39 is 0 Å². The van der Waals surface area contributed by atoms with Gasteiger partial charge in [-0.15, -0.1) is 22.7 Å². The molecule has 0 saturated heterocycles. The number of aryl methyl sites for hydroxylation is 2. The molecule has 1 N–H and O–H groups in total. The van der Waals surface area contributed by atoms with Crippen molar-refractivity contribution in [1.29, 1.82) is 0 Å². The molecule has 0 bridgehead atoms. The zero-order valence-electron chi connectivity index (χ0n) is 11.1. The van der Waals surface area contributed by atoms with Gasteiger partial charge in [-0.3, -0.25) is 0 Å². The van der Waals surface area contributed by atoms with Crippen LogP contribution >= 0.6 is 22.7 Å². The highest BCUT2D eigenvalue weighted by Gasteiger charge is 2.14. The number of anilines is 1. The number of thiophene rings is 2. The van der Waals surface area contributed by atoms with Crippen molar-refractivity contribution in [3.05, 3.63) is 39.2 Å². The molecule has 0 unspecified atom stereocenters. The van der Waals surface area contributed by atoms with Gasteiger partial charge in [0.05, 0.1) is 11.4 Å². The van der Waals surface area contributed by atoms with Crippen LogP contribution in [0, 0.1) is 13.8 Å². The molecule has 0 fully saturated rings. The average molecular weight is 289 g/mol. The van der Waals surface area contributed by atoms with Crippen molar-refractivity contribution in [3.63, 3.8) is 0 Å². The van der Waals surface area contributed by atoms with Crippen LogP contribution in [0.15, 0.2) is 23.8 Å². The Morgan fingerprint density at radius 3 is 2.84 bits per heavy atom. The molecule has 3 aromatic rings. The highest BCUT2D eigenvalue weighted by atomic mass is 32.1. The van der Waals surface area contributed by atoms with E-state index in [1.807, 2.05) is 0 Å². The summed E-state index contributed by atoms with van der Waals surface area (Å²) in [6, 6.07) is 4.48. The monoisotopic (exact) mass is 289 g/mol. The topological polar surface area (TPSA) is 37.8 Å². The van der Waals surface area contributed by atoms with Crippen molar-refractivity contribution in [2.75, 3.05) is 5.32 Å². The maximum atomic E-state index is 4.42. The zero-order chi connectivity index (χ0) is 13.4. The van der Waals surface area contributed by atoms with E-state index in [4.69, 9.17) is 0 Å². The van der Waals surface area contributed by atoms with E-state index in [2.05, 4.69) is 53.6 Å². The van der Waals surface area contributed by atoms with Crippen LogP contribution in [0.5, 0.6) is 0 Å². The minimum Gasteiger partial charge on any atom is -0.362 e. The van der Waals surface area contributed by atoms with Gasteiger partial charge in [0, 0.05) is 9.75 Å². The molecule has 0 aromatic carbocycles. The smallest absolute Gasteiger partial charge is 0.138 e. The first kappa shape index (κ1) is 12.6. The molecule has 0 saturated carbocycles. The average Bonchev–Trinajstić information content (AvgIpc) is 3.00. The lowest BCUT2D eigenvalue weighted by atomic mass is 10.2. The summed E-state index contributed by atoms with van der Waals surface area (Å²) in [7, 11) is 0. The molecule has 19 heavy (non-hydrogen) atoms. The van der Waals surface area contributed by atoms with Gasteiger partial charge < -0.3 is 5.32 Å². The van der Waals surface area contributed by atoms with Crippen molar-refractivity contribution < 1.29 is 0 Å². The molecule has 3 nitrogen and oxygen atoms in total. The highest BCUT2D eigenvalue weighted by Crippen LogP contribution is 2.34. The molecule has 5 heteroatoms. The quantitative estimate of drug-likeness (QED) is 0.769. The standard InChI is InChI=1S/C14H15N3S2/c1-8-10(3)19-14-12(8)13(15-7-16-14)17-9(2)11-5-4-6-18-11/h4-7,9H,1-3H3,(H,15,16,17)/t9-/m0/s1. The summed E-state index contributed by atoms with van der Waals surface area (Å²) in [4.78, 5) is 12.5. The minimum atomic E-state index is 0.262. The van der Waals surface area contributed by atoms with Crippen molar-refractivity contribution >= 4 is 38.7 Å². The Labute approximate surface area is 120 Å². The van der Waals surface area contributed by atoms with Crippen LogP contribution < -0.4 is 5.32 Å². The number of aromatic nitrogens is 2. The summed E-state index contributed by atoms with van der Waals surface area (Å²) in [6.07, 6.45) is 1.64. The van der Waals surface area contributed by atoms with Crippen molar-refractivity contribution in [2.24, 2.45) is 0 Å². The summed E-state index contributed by atoms with van der Waals surface area (Å²) < 4.78 is 0. The molecule has 0 radical (unpaired) electrons. The zero-order valence-corrected chi connectivity index (χ0v) is 12.7. The van der Waals surface area contributed by atoms with Gasteiger partial charge >= 0.3 is 0 Å². The number of hydrogen-bond acceptors (Lipinski definition) is 5. The molecule has 0 amide bonds. The Hall–Kier alpha value is -1.46. The number of nitrogens with one attached hydrogen (secondary N) is 1. The van der Waals surface area contributed by atoms with E-state index in [9.17, 15) is 0 Å². The van der Waals surface area contributed by atoms with Crippen LogP contribution in [0.3, 0.4) is 0 Å². The lowest BCUT2D eigenvalue weighted by Gasteiger charge is -2.13. The number of hydrogen-bond donors (Lipinski definition) is 1. The van der Waals surface area contributed by atoms with Gasteiger partial charge in [0.15, 0.2) is 0 Å². The predicted molar refractivity (Wildman–Crippen MR) is 83.2 cm³/mol. The first-order valence-corrected chi connectivity index (χ1v) is 7.87. The summed E-state index contributed by atoms with van der Waals surface area (Å²) in [6.45, 7) is 6.43. The summed E-state index contributed by atoms with van der Waals surface area (Å²) in [5, 5.41) is 6.77. The van der Waals surface area contributed by atoms with E-state index >= 15 is 0 Å². The molecule has 0 spiro atoms. The number of fused-ring (bicyclic) bond motifs is 1. The number of rotatable bonds is 3. The minimum absolute atomic E-state index is 0.262. The van der Waals surface area contributed by atoms with Crippen LogP contribution in [0.4, 0.5) is 5.82 Å². The van der Waals surface area contributed by atoms with Crippen LogP contribution in [0.2, 0.25) is 0 Å². The Kier molecular flexibility index (Phi) is 3.24. The van der Waals surface area contributed by atoms with Crippen LogP contribution in [0.25, 0.3) is 10.2 Å². The van der Waals surface area contributed by atoms with Gasteiger partial charge in [-0.1, -0.05) is 6.07 Å². The largest absolute Gasteiger partial charge is 0.362 e. The number of nitrogens with zero attached hydrogens (tertiary/aromatic N) is 2. The van der Waals surface area contributed by atoms with Gasteiger partial charge in [-0.25, -0.2) is 9.97 Å². The predicted octanol–water partition coefficient (Wildman–Crippen LogP) is 4.54. The highest BCUT2D eigenvalue weighted by molar-refractivity contribution is 7.18. The molecule has 98 valence electrons. The lowest BCUT2D eigenvalue weighted by molar-refractivity contribution is 0.898. The van der Waals surface area contributed by atoms with Crippen LogP contribution in [-0.2, 0) is 0 Å². The van der Waals surface area contributed by atoms with Crippen molar-refractivity contribution in [3.8, 4) is 0 Å². The second kappa shape index (κ2) is 4.90. The summed E-state index contributed by atoms with van der Waals surface area (Å²) in [5.74, 6) is 0.938. The van der Waals surface area contributed by atoms with Gasteiger partial charge in [0.25, 0.3) is 0 Å². The van der Waals surface area contributed by atoms with Crippen molar-refractivity contribution in [2.45, 2.75) is 26.8 Å².